The maximum Gasteiger partial charge on any atom is 0.490 e. The number of piperazine rings is 1. The van der Waals surface area contributed by atoms with Crippen molar-refractivity contribution in [3.63, 3.8) is 0 Å². The van der Waals surface area contributed by atoms with Gasteiger partial charge in [0.2, 0.25) is 10.0 Å². The highest BCUT2D eigenvalue weighted by atomic mass is 32.2. The fourth-order valence-electron chi connectivity index (χ4n) is 4.55. The third kappa shape index (κ3) is 6.99. The fourth-order valence-corrected chi connectivity index (χ4v) is 5.46. The maximum absolute atomic E-state index is 13.3. The van der Waals surface area contributed by atoms with E-state index in [1.807, 2.05) is 33.7 Å². The van der Waals surface area contributed by atoms with Crippen molar-refractivity contribution in [3.8, 4) is 0 Å². The number of imidazole rings is 1. The largest absolute Gasteiger partial charge is 0.490 e. The minimum absolute atomic E-state index is 0.0253. The number of hydrogen-bond donors (Lipinski definition) is 1. The lowest BCUT2D eigenvalue weighted by molar-refractivity contribution is -0.192. The summed E-state index contributed by atoms with van der Waals surface area (Å²) in [5.74, 6) is -2.04. The van der Waals surface area contributed by atoms with Crippen molar-refractivity contribution < 1.29 is 36.3 Å². The molecule has 2 fully saturated rings. The molecule has 4 rings (SSSR count). The Bertz CT molecular complexity index is 1220. The minimum Gasteiger partial charge on any atom is -0.475 e. The first-order chi connectivity index (χ1) is 17.2. The van der Waals surface area contributed by atoms with Gasteiger partial charge in [-0.05, 0) is 38.8 Å². The summed E-state index contributed by atoms with van der Waals surface area (Å²) in [6, 6.07) is 6.24. The van der Waals surface area contributed by atoms with Crippen LogP contribution in [-0.2, 0) is 14.8 Å². The Morgan fingerprint density at radius 3 is 2.27 bits per heavy atom. The van der Waals surface area contributed by atoms with E-state index in [1.54, 1.807) is 0 Å². The van der Waals surface area contributed by atoms with Gasteiger partial charge in [-0.2, -0.15) is 13.2 Å². The van der Waals surface area contributed by atoms with Gasteiger partial charge >= 0.3 is 12.1 Å². The summed E-state index contributed by atoms with van der Waals surface area (Å²) in [4.78, 5) is 31.3. The van der Waals surface area contributed by atoms with Crippen LogP contribution in [-0.4, -0.2) is 107 Å². The second kappa shape index (κ2) is 11.4. The Morgan fingerprint density at radius 1 is 1.11 bits per heavy atom. The van der Waals surface area contributed by atoms with E-state index in [-0.39, 0.29) is 11.8 Å². The molecule has 1 unspecified atom stereocenters. The number of rotatable bonds is 4. The Hall–Kier alpha value is -2.71. The highest BCUT2D eigenvalue weighted by Crippen LogP contribution is 2.29. The number of carboxylic acid groups (broad SMARTS) is 1. The number of alkyl halides is 3. The van der Waals surface area contributed by atoms with Crippen LogP contribution in [0, 0.1) is 0 Å². The lowest BCUT2D eigenvalue weighted by Gasteiger charge is -2.36. The van der Waals surface area contributed by atoms with Crippen LogP contribution in [0.2, 0.25) is 0 Å². The van der Waals surface area contributed by atoms with Crippen LogP contribution in [0.15, 0.2) is 24.4 Å². The first kappa shape index (κ1) is 28.9. The number of hydrogen-bond acceptors (Lipinski definition) is 6. The van der Waals surface area contributed by atoms with Crippen LogP contribution < -0.4 is 0 Å². The molecule has 2 aliphatic heterocycles. The van der Waals surface area contributed by atoms with Crippen molar-refractivity contribution in [1.29, 1.82) is 0 Å². The molecule has 0 saturated carbocycles. The van der Waals surface area contributed by atoms with Crippen molar-refractivity contribution in [3.05, 3.63) is 35.9 Å². The van der Waals surface area contributed by atoms with Crippen LogP contribution in [0.5, 0.6) is 0 Å². The molecule has 1 N–H and O–H groups in total. The summed E-state index contributed by atoms with van der Waals surface area (Å²) in [5, 5.41) is 7.12. The van der Waals surface area contributed by atoms with Gasteiger partial charge in [0.25, 0.3) is 5.91 Å². The van der Waals surface area contributed by atoms with E-state index in [1.165, 1.54) is 10.6 Å². The Morgan fingerprint density at radius 2 is 1.73 bits per heavy atom. The van der Waals surface area contributed by atoms with Gasteiger partial charge in [-0.25, -0.2) is 22.5 Å². The molecule has 1 amide bonds. The average molecular weight is 548 g/mol. The first-order valence-electron chi connectivity index (χ1n) is 12.0. The number of amides is 1. The second-order valence-corrected chi connectivity index (χ2v) is 11.4. The molecule has 0 radical (unpaired) electrons. The maximum atomic E-state index is 13.3. The van der Waals surface area contributed by atoms with Gasteiger partial charge in [0.1, 0.15) is 5.82 Å². The summed E-state index contributed by atoms with van der Waals surface area (Å²) >= 11 is 0. The van der Waals surface area contributed by atoms with Gasteiger partial charge in [-0.15, -0.1) is 0 Å². The van der Waals surface area contributed by atoms with Gasteiger partial charge in [-0.1, -0.05) is 6.07 Å². The molecule has 0 aliphatic carbocycles. The molecule has 10 nitrogen and oxygen atoms in total. The minimum atomic E-state index is -5.08. The Kier molecular flexibility index (Phi) is 8.85. The van der Waals surface area contributed by atoms with Crippen molar-refractivity contribution in [1.82, 2.24) is 23.5 Å². The number of carbonyl (C=O) groups excluding carboxylic acids is 1. The zero-order chi connectivity index (χ0) is 27.5. The molecule has 1 atom stereocenters. The molecule has 2 aromatic rings. The second-order valence-electron chi connectivity index (χ2n) is 9.46. The number of halogens is 3. The van der Waals surface area contributed by atoms with E-state index in [4.69, 9.17) is 14.9 Å². The number of nitrogens with zero attached hydrogens (tertiary/aromatic N) is 5. The van der Waals surface area contributed by atoms with Crippen LogP contribution in [0.1, 0.15) is 48.9 Å². The van der Waals surface area contributed by atoms with Gasteiger partial charge < -0.3 is 14.4 Å². The molecule has 2 saturated heterocycles. The van der Waals surface area contributed by atoms with E-state index in [0.29, 0.717) is 37.9 Å². The smallest absolute Gasteiger partial charge is 0.475 e. The van der Waals surface area contributed by atoms with Crippen molar-refractivity contribution in [2.45, 2.75) is 44.8 Å². The summed E-state index contributed by atoms with van der Waals surface area (Å²) < 4.78 is 59.3. The van der Waals surface area contributed by atoms with Crippen molar-refractivity contribution in [2.24, 2.45) is 0 Å². The molecular formula is C23H32F3N5O5S. The molecule has 0 aromatic carbocycles. The third-order valence-electron chi connectivity index (χ3n) is 6.57. The zero-order valence-corrected chi connectivity index (χ0v) is 21.8. The number of sulfonamides is 1. The van der Waals surface area contributed by atoms with E-state index < -0.39 is 22.2 Å². The summed E-state index contributed by atoms with van der Waals surface area (Å²) in [7, 11) is -3.24. The van der Waals surface area contributed by atoms with Crippen LogP contribution in [0.4, 0.5) is 13.2 Å². The van der Waals surface area contributed by atoms with E-state index in [0.717, 1.165) is 37.3 Å². The molecule has 0 bridgehead atoms. The number of aliphatic carboxylic acids is 1. The number of carboxylic acids is 1. The predicted octanol–water partition coefficient (Wildman–Crippen LogP) is 2.27. The third-order valence-corrected chi connectivity index (χ3v) is 7.84. The summed E-state index contributed by atoms with van der Waals surface area (Å²) in [6.45, 7) is 8.44. The van der Waals surface area contributed by atoms with Gasteiger partial charge in [0, 0.05) is 57.4 Å². The Balaban J connectivity index is 0.000000479. The highest BCUT2D eigenvalue weighted by molar-refractivity contribution is 7.88. The molecule has 4 heterocycles. The SMILES string of the molecule is CC(C)N1CCN(C(=O)c2nc(C3CCCN(S(C)(=O)=O)C3)n3ccccc23)CC1.O=C(O)C(F)(F)F. The van der Waals surface area contributed by atoms with E-state index in [9.17, 15) is 26.4 Å². The van der Waals surface area contributed by atoms with E-state index in [2.05, 4.69) is 18.7 Å². The van der Waals surface area contributed by atoms with Gasteiger partial charge in [0.15, 0.2) is 5.69 Å². The number of pyridine rings is 1. The quantitative estimate of drug-likeness (QED) is 0.625. The molecule has 14 heteroatoms. The summed E-state index contributed by atoms with van der Waals surface area (Å²) in [6.07, 6.45) is -0.254. The number of piperidine rings is 1. The van der Waals surface area contributed by atoms with Crippen molar-refractivity contribution >= 4 is 27.4 Å². The standard InChI is InChI=1S/C21H31N5O3S.C2HF3O2/c1-16(2)23-11-13-24(14-12-23)21(27)19-18-8-4-5-10-26(18)20(22-19)17-7-6-9-25(15-17)30(3,28)29;3-2(4,5)1(6)7/h4-5,8,10,16-17H,6-7,9,11-15H2,1-3H3;(H,6,7). The molecular weight excluding hydrogens is 515 g/mol. The average Bonchev–Trinajstić information content (AvgIpc) is 3.23. The normalized spacial score (nSPS) is 20.1. The van der Waals surface area contributed by atoms with Crippen LogP contribution >= 0.6 is 0 Å². The lowest BCUT2D eigenvalue weighted by Crippen LogP contribution is -2.50. The number of aromatic nitrogens is 2. The van der Waals surface area contributed by atoms with Crippen LogP contribution in [0.25, 0.3) is 5.52 Å². The van der Waals surface area contributed by atoms with Crippen LogP contribution in [0.3, 0.4) is 0 Å². The summed E-state index contributed by atoms with van der Waals surface area (Å²) in [5.41, 5.74) is 1.26. The molecule has 206 valence electrons. The first-order valence-corrected chi connectivity index (χ1v) is 13.8. The van der Waals surface area contributed by atoms with E-state index >= 15 is 0 Å². The molecule has 37 heavy (non-hydrogen) atoms. The number of fused-ring (bicyclic) bond motifs is 1. The van der Waals surface area contributed by atoms with Crippen molar-refractivity contribution in [2.75, 3.05) is 45.5 Å². The monoisotopic (exact) mass is 547 g/mol. The lowest BCUT2D eigenvalue weighted by atomic mass is 9.99. The molecule has 2 aliphatic rings. The Labute approximate surface area is 213 Å². The molecule has 2 aromatic heterocycles. The predicted molar refractivity (Wildman–Crippen MR) is 130 cm³/mol. The fraction of sp³-hybridized carbons (Fsp3) is 0.609. The topological polar surface area (TPSA) is 116 Å². The van der Waals surface area contributed by atoms with Gasteiger partial charge in [0.05, 0.1) is 11.8 Å². The highest BCUT2D eigenvalue weighted by Gasteiger charge is 2.38. The van der Waals surface area contributed by atoms with Gasteiger partial charge in [-0.3, -0.25) is 9.69 Å². The zero-order valence-electron chi connectivity index (χ0n) is 21.0. The number of carbonyl (C=O) groups is 2. The molecule has 0 spiro atoms.